The van der Waals surface area contributed by atoms with Crippen LogP contribution in [-0.4, -0.2) is 19.5 Å². The average Bonchev–Trinajstić information content (AvgIpc) is 2.40. The van der Waals surface area contributed by atoms with Crippen LogP contribution in [0.4, 0.5) is 5.69 Å². The van der Waals surface area contributed by atoms with Gasteiger partial charge in [0, 0.05) is 0 Å². The van der Waals surface area contributed by atoms with Crippen molar-refractivity contribution in [2.24, 2.45) is 0 Å². The third-order valence-corrected chi connectivity index (χ3v) is 5.16. The molecule has 0 aliphatic carbocycles. The van der Waals surface area contributed by atoms with E-state index < -0.39 is 16.0 Å². The van der Waals surface area contributed by atoms with Crippen LogP contribution in [0, 0.1) is 20.8 Å². The molecule has 0 aliphatic heterocycles. The lowest BCUT2D eigenvalue weighted by Crippen LogP contribution is -2.17. The highest BCUT2D eigenvalue weighted by molar-refractivity contribution is 7.92. The fourth-order valence-corrected chi connectivity index (χ4v) is 4.04. The van der Waals surface area contributed by atoms with Crippen molar-refractivity contribution in [2.45, 2.75) is 25.7 Å². The summed E-state index contributed by atoms with van der Waals surface area (Å²) < 4.78 is 27.5. The Morgan fingerprint density at radius 1 is 1.09 bits per heavy atom. The lowest BCUT2D eigenvalue weighted by Gasteiger charge is -2.15. The van der Waals surface area contributed by atoms with Crippen LogP contribution in [0.25, 0.3) is 0 Å². The van der Waals surface area contributed by atoms with E-state index in [-0.39, 0.29) is 21.2 Å². The van der Waals surface area contributed by atoms with Gasteiger partial charge in [-0.25, -0.2) is 13.2 Å². The molecule has 2 aromatic carbocycles. The molecule has 0 bridgehead atoms. The van der Waals surface area contributed by atoms with Crippen molar-refractivity contribution in [2.75, 3.05) is 4.72 Å². The number of sulfonamides is 1. The first-order valence-electron chi connectivity index (χ1n) is 6.75. The van der Waals surface area contributed by atoms with E-state index in [0.717, 1.165) is 11.1 Å². The Hall–Kier alpha value is -2.05. The van der Waals surface area contributed by atoms with Crippen LogP contribution < -0.4 is 4.72 Å². The molecule has 0 fully saturated rings. The predicted octanol–water partition coefficient (Wildman–Crippen LogP) is 3.76. The first-order valence-corrected chi connectivity index (χ1v) is 8.61. The van der Waals surface area contributed by atoms with Crippen molar-refractivity contribution in [1.82, 2.24) is 0 Å². The molecule has 2 aromatic rings. The fraction of sp³-hybridized carbons (Fsp3) is 0.188. The van der Waals surface area contributed by atoms with Gasteiger partial charge in [0.1, 0.15) is 4.90 Å². The van der Waals surface area contributed by atoms with Gasteiger partial charge in [-0.2, -0.15) is 0 Å². The van der Waals surface area contributed by atoms with E-state index in [1.807, 2.05) is 0 Å². The number of halogens is 1. The fourth-order valence-electron chi connectivity index (χ4n) is 2.28. The van der Waals surface area contributed by atoms with E-state index in [1.54, 1.807) is 32.9 Å². The molecule has 0 radical (unpaired) electrons. The SMILES string of the molecule is Cc1ccc(S(=O)(=O)Nc2c(C)cc(C)cc2C(=O)O)c(Cl)c1. The van der Waals surface area contributed by atoms with E-state index in [9.17, 15) is 18.3 Å². The molecule has 0 amide bonds. The minimum Gasteiger partial charge on any atom is -0.478 e. The van der Waals surface area contributed by atoms with Crippen molar-refractivity contribution in [3.8, 4) is 0 Å². The maximum Gasteiger partial charge on any atom is 0.337 e. The summed E-state index contributed by atoms with van der Waals surface area (Å²) in [5.41, 5.74) is 2.02. The first kappa shape index (κ1) is 17.3. The van der Waals surface area contributed by atoms with Crippen molar-refractivity contribution in [3.05, 3.63) is 57.6 Å². The summed E-state index contributed by atoms with van der Waals surface area (Å²) in [7, 11) is -4.00. The summed E-state index contributed by atoms with van der Waals surface area (Å²) in [5.74, 6) is -1.20. The zero-order chi connectivity index (χ0) is 17.4. The predicted molar refractivity (Wildman–Crippen MR) is 89.9 cm³/mol. The molecule has 5 nitrogen and oxygen atoms in total. The highest BCUT2D eigenvalue weighted by atomic mass is 35.5. The van der Waals surface area contributed by atoms with Gasteiger partial charge >= 0.3 is 5.97 Å². The Morgan fingerprint density at radius 3 is 2.30 bits per heavy atom. The first-order chi connectivity index (χ1) is 10.6. The summed E-state index contributed by atoms with van der Waals surface area (Å²) in [6, 6.07) is 7.69. The molecule has 7 heteroatoms. The van der Waals surface area contributed by atoms with Crippen molar-refractivity contribution < 1.29 is 18.3 Å². The molecule has 0 spiro atoms. The molecule has 0 saturated heterocycles. The second kappa shape index (κ2) is 6.22. The molecular formula is C16H16ClNO4S. The second-order valence-electron chi connectivity index (χ2n) is 5.35. The Kier molecular flexibility index (Phi) is 4.68. The van der Waals surface area contributed by atoms with Gasteiger partial charge in [-0.15, -0.1) is 0 Å². The highest BCUT2D eigenvalue weighted by Crippen LogP contribution is 2.29. The molecule has 0 aromatic heterocycles. The monoisotopic (exact) mass is 353 g/mol. The van der Waals surface area contributed by atoms with E-state index in [1.165, 1.54) is 18.2 Å². The van der Waals surface area contributed by atoms with Gasteiger partial charge in [0.05, 0.1) is 16.3 Å². The van der Waals surface area contributed by atoms with Gasteiger partial charge in [0.15, 0.2) is 0 Å². The van der Waals surface area contributed by atoms with Crippen LogP contribution in [-0.2, 0) is 10.0 Å². The lowest BCUT2D eigenvalue weighted by molar-refractivity contribution is 0.0698. The zero-order valence-corrected chi connectivity index (χ0v) is 14.4. The van der Waals surface area contributed by atoms with E-state index in [0.29, 0.717) is 5.56 Å². The van der Waals surface area contributed by atoms with E-state index >= 15 is 0 Å². The summed E-state index contributed by atoms with van der Waals surface area (Å²) in [6.45, 7) is 5.19. The molecule has 0 aliphatic rings. The number of aromatic carboxylic acids is 1. The molecule has 23 heavy (non-hydrogen) atoms. The molecule has 0 heterocycles. The van der Waals surface area contributed by atoms with Crippen LogP contribution in [0.2, 0.25) is 5.02 Å². The molecule has 0 saturated carbocycles. The number of carbonyl (C=O) groups is 1. The quantitative estimate of drug-likeness (QED) is 0.876. The van der Waals surface area contributed by atoms with Crippen molar-refractivity contribution in [3.63, 3.8) is 0 Å². The van der Waals surface area contributed by atoms with Gasteiger partial charge < -0.3 is 5.11 Å². The van der Waals surface area contributed by atoms with E-state index in [4.69, 9.17) is 11.6 Å². The maximum absolute atomic E-state index is 12.6. The minimum atomic E-state index is -4.00. The number of anilines is 1. The summed E-state index contributed by atoms with van der Waals surface area (Å²) in [6.07, 6.45) is 0. The van der Waals surface area contributed by atoms with Crippen LogP contribution in [0.1, 0.15) is 27.0 Å². The van der Waals surface area contributed by atoms with Crippen LogP contribution in [0.15, 0.2) is 35.2 Å². The van der Waals surface area contributed by atoms with E-state index in [2.05, 4.69) is 4.72 Å². The van der Waals surface area contributed by atoms with Gasteiger partial charge in [0.2, 0.25) is 0 Å². The second-order valence-corrected chi connectivity index (χ2v) is 7.41. The normalized spacial score (nSPS) is 11.3. The summed E-state index contributed by atoms with van der Waals surface area (Å²) >= 11 is 6.01. The molecule has 0 unspecified atom stereocenters. The van der Waals surface area contributed by atoms with Crippen LogP contribution in [0.3, 0.4) is 0 Å². The maximum atomic E-state index is 12.6. The van der Waals surface area contributed by atoms with Crippen molar-refractivity contribution >= 4 is 33.3 Å². The highest BCUT2D eigenvalue weighted by Gasteiger charge is 2.22. The number of carboxylic acids is 1. The third kappa shape index (κ3) is 3.65. The van der Waals surface area contributed by atoms with Crippen LogP contribution in [0.5, 0.6) is 0 Å². The van der Waals surface area contributed by atoms with Gasteiger partial charge in [-0.1, -0.05) is 23.7 Å². The standard InChI is InChI=1S/C16H16ClNO4S/c1-9-4-5-14(13(17)8-9)23(21,22)18-15-11(3)6-10(2)7-12(15)16(19)20/h4-8,18H,1-3H3,(H,19,20). The minimum absolute atomic E-state index is 0.0414. The number of benzene rings is 2. The average molecular weight is 354 g/mol. The largest absolute Gasteiger partial charge is 0.478 e. The topological polar surface area (TPSA) is 83.5 Å². The van der Waals surface area contributed by atoms with Crippen LogP contribution >= 0.6 is 11.6 Å². The Morgan fingerprint density at radius 2 is 1.74 bits per heavy atom. The Labute approximate surface area is 140 Å². The number of rotatable bonds is 4. The number of hydrogen-bond donors (Lipinski definition) is 2. The summed E-state index contributed by atoms with van der Waals surface area (Å²) in [5, 5.41) is 9.39. The van der Waals surface area contributed by atoms with Crippen molar-refractivity contribution in [1.29, 1.82) is 0 Å². The molecule has 0 atom stereocenters. The number of nitrogens with one attached hydrogen (secondary N) is 1. The molecular weight excluding hydrogens is 338 g/mol. The summed E-state index contributed by atoms with van der Waals surface area (Å²) in [4.78, 5) is 11.3. The Balaban J connectivity index is 2.56. The number of hydrogen-bond acceptors (Lipinski definition) is 3. The number of aryl methyl sites for hydroxylation is 3. The number of carboxylic acid groups (broad SMARTS) is 1. The zero-order valence-electron chi connectivity index (χ0n) is 12.8. The lowest BCUT2D eigenvalue weighted by atomic mass is 10.0. The third-order valence-electron chi connectivity index (χ3n) is 3.32. The Bertz CT molecular complexity index is 891. The molecule has 122 valence electrons. The smallest absolute Gasteiger partial charge is 0.337 e. The van der Waals surface area contributed by atoms with Gasteiger partial charge in [-0.3, -0.25) is 4.72 Å². The molecule has 2 N–H and O–H groups in total. The molecule has 2 rings (SSSR count). The van der Waals surface area contributed by atoms with Gasteiger partial charge in [-0.05, 0) is 55.7 Å². The van der Waals surface area contributed by atoms with Gasteiger partial charge in [0.25, 0.3) is 10.0 Å².